The number of hydrogen-bond donors (Lipinski definition) is 2. The Balaban J connectivity index is 2.29. The summed E-state index contributed by atoms with van der Waals surface area (Å²) in [5, 5.41) is 13.6. The van der Waals surface area contributed by atoms with E-state index in [0.717, 1.165) is 17.5 Å². The van der Waals surface area contributed by atoms with E-state index in [1.165, 1.54) is 0 Å². The minimum Gasteiger partial charge on any atom is -0.383 e. The first-order chi connectivity index (χ1) is 8.76. The van der Waals surface area contributed by atoms with Gasteiger partial charge in [-0.3, -0.25) is 4.98 Å². The number of aromatic nitrogens is 3. The Kier molecular flexibility index (Phi) is 4.01. The van der Waals surface area contributed by atoms with Gasteiger partial charge < -0.3 is 15.4 Å². The zero-order valence-corrected chi connectivity index (χ0v) is 10.2. The summed E-state index contributed by atoms with van der Waals surface area (Å²) in [6.45, 7) is 2.40. The third-order valence-corrected chi connectivity index (χ3v) is 2.69. The molecule has 96 valence electrons. The van der Waals surface area contributed by atoms with Crippen LogP contribution in [-0.2, 0) is 6.42 Å². The molecular formula is C12H16N4O2. The van der Waals surface area contributed by atoms with E-state index in [4.69, 9.17) is 10.3 Å². The van der Waals surface area contributed by atoms with Crippen LogP contribution in [0.4, 0.5) is 0 Å². The van der Waals surface area contributed by atoms with Gasteiger partial charge in [-0.2, -0.15) is 4.98 Å². The molecule has 0 fully saturated rings. The van der Waals surface area contributed by atoms with Crippen LogP contribution in [0.25, 0.3) is 11.4 Å². The topological polar surface area (TPSA) is 98.1 Å². The Morgan fingerprint density at radius 2 is 2.33 bits per heavy atom. The van der Waals surface area contributed by atoms with E-state index in [-0.39, 0.29) is 5.89 Å². The van der Waals surface area contributed by atoms with E-state index in [1.807, 2.05) is 13.0 Å². The monoisotopic (exact) mass is 248 g/mol. The summed E-state index contributed by atoms with van der Waals surface area (Å²) >= 11 is 0. The summed E-state index contributed by atoms with van der Waals surface area (Å²) < 4.78 is 5.05. The molecule has 0 radical (unpaired) electrons. The first kappa shape index (κ1) is 12.7. The Morgan fingerprint density at radius 3 is 3.06 bits per heavy atom. The molecule has 0 aliphatic rings. The van der Waals surface area contributed by atoms with Crippen molar-refractivity contribution in [3.05, 3.63) is 29.9 Å². The summed E-state index contributed by atoms with van der Waals surface area (Å²) in [4.78, 5) is 8.26. The normalized spacial score (nSPS) is 12.6. The van der Waals surface area contributed by atoms with E-state index < -0.39 is 6.10 Å². The first-order valence-corrected chi connectivity index (χ1v) is 5.91. The number of pyridine rings is 1. The number of aliphatic hydroxyl groups excluding tert-OH is 1. The Bertz CT molecular complexity index is 512. The number of nitrogens with zero attached hydrogens (tertiary/aromatic N) is 3. The van der Waals surface area contributed by atoms with Gasteiger partial charge in [0.25, 0.3) is 5.89 Å². The molecule has 2 rings (SSSR count). The second kappa shape index (κ2) is 5.70. The molecule has 0 saturated carbocycles. The van der Waals surface area contributed by atoms with Crippen LogP contribution >= 0.6 is 0 Å². The smallest absolute Gasteiger partial charge is 0.255 e. The molecule has 2 aromatic heterocycles. The molecular weight excluding hydrogens is 232 g/mol. The molecule has 18 heavy (non-hydrogen) atoms. The van der Waals surface area contributed by atoms with Crippen molar-refractivity contribution < 1.29 is 9.63 Å². The quantitative estimate of drug-likeness (QED) is 0.821. The maximum atomic E-state index is 9.72. The molecule has 1 atom stereocenters. The van der Waals surface area contributed by atoms with Gasteiger partial charge in [0.1, 0.15) is 6.10 Å². The third-order valence-electron chi connectivity index (χ3n) is 2.69. The summed E-state index contributed by atoms with van der Waals surface area (Å²) in [5.74, 6) is 0.676. The number of rotatable bonds is 5. The van der Waals surface area contributed by atoms with Crippen LogP contribution < -0.4 is 5.73 Å². The fraction of sp³-hybridized carbons (Fsp3) is 0.417. The molecule has 0 amide bonds. The van der Waals surface area contributed by atoms with Crippen molar-refractivity contribution in [2.75, 3.05) is 6.54 Å². The average Bonchev–Trinajstić information content (AvgIpc) is 2.88. The number of aliphatic hydroxyl groups is 1. The van der Waals surface area contributed by atoms with Crippen LogP contribution in [0.15, 0.2) is 23.0 Å². The van der Waals surface area contributed by atoms with Crippen LogP contribution in [0.1, 0.15) is 30.9 Å². The predicted molar refractivity (Wildman–Crippen MR) is 65.5 cm³/mol. The summed E-state index contributed by atoms with van der Waals surface area (Å²) in [7, 11) is 0. The fourth-order valence-electron chi connectivity index (χ4n) is 1.69. The molecule has 6 nitrogen and oxygen atoms in total. The predicted octanol–water partition coefficient (Wildman–Crippen LogP) is 1.08. The van der Waals surface area contributed by atoms with Crippen molar-refractivity contribution in [2.24, 2.45) is 5.73 Å². The number of hydrogen-bond acceptors (Lipinski definition) is 6. The van der Waals surface area contributed by atoms with Crippen molar-refractivity contribution in [2.45, 2.75) is 25.9 Å². The van der Waals surface area contributed by atoms with Gasteiger partial charge in [-0.25, -0.2) is 0 Å². The lowest BCUT2D eigenvalue weighted by atomic mass is 10.1. The maximum absolute atomic E-state index is 9.72. The van der Waals surface area contributed by atoms with Crippen molar-refractivity contribution in [3.63, 3.8) is 0 Å². The number of nitrogens with two attached hydrogens (primary N) is 1. The van der Waals surface area contributed by atoms with E-state index in [9.17, 15) is 5.11 Å². The van der Waals surface area contributed by atoms with Gasteiger partial charge in [-0.15, -0.1) is 0 Å². The van der Waals surface area contributed by atoms with Gasteiger partial charge in [0.15, 0.2) is 0 Å². The lowest BCUT2D eigenvalue weighted by Crippen LogP contribution is -2.06. The molecule has 3 N–H and O–H groups in total. The van der Waals surface area contributed by atoms with Gasteiger partial charge in [0.2, 0.25) is 5.82 Å². The zero-order valence-electron chi connectivity index (χ0n) is 10.2. The average molecular weight is 248 g/mol. The van der Waals surface area contributed by atoms with Crippen LogP contribution in [0.5, 0.6) is 0 Å². The van der Waals surface area contributed by atoms with E-state index in [2.05, 4.69) is 15.1 Å². The fourth-order valence-corrected chi connectivity index (χ4v) is 1.69. The summed E-state index contributed by atoms with van der Waals surface area (Å²) in [6, 6.07) is 1.84. The molecule has 0 aromatic carbocycles. The minimum absolute atomic E-state index is 0.203. The van der Waals surface area contributed by atoms with Gasteiger partial charge in [0, 0.05) is 18.0 Å². The zero-order chi connectivity index (χ0) is 13.0. The summed E-state index contributed by atoms with van der Waals surface area (Å²) in [6.07, 6.45) is 3.89. The molecule has 0 aliphatic heterocycles. The third kappa shape index (κ3) is 2.55. The highest BCUT2D eigenvalue weighted by molar-refractivity contribution is 5.58. The molecule has 0 aliphatic carbocycles. The first-order valence-electron chi connectivity index (χ1n) is 5.91. The minimum atomic E-state index is -0.803. The highest BCUT2D eigenvalue weighted by Crippen LogP contribution is 2.22. The van der Waals surface area contributed by atoms with E-state index in [0.29, 0.717) is 18.8 Å². The van der Waals surface area contributed by atoms with Crippen LogP contribution in [0.2, 0.25) is 0 Å². The van der Waals surface area contributed by atoms with Crippen LogP contribution in [0, 0.1) is 0 Å². The van der Waals surface area contributed by atoms with Crippen LogP contribution in [0.3, 0.4) is 0 Å². The Hall–Kier alpha value is -1.79. The van der Waals surface area contributed by atoms with Gasteiger partial charge in [-0.1, -0.05) is 12.1 Å². The molecule has 0 spiro atoms. The van der Waals surface area contributed by atoms with Gasteiger partial charge in [-0.05, 0) is 31.0 Å². The molecule has 2 heterocycles. The second-order valence-electron chi connectivity index (χ2n) is 3.94. The largest absolute Gasteiger partial charge is 0.383 e. The molecule has 6 heteroatoms. The highest BCUT2D eigenvalue weighted by atomic mass is 16.5. The maximum Gasteiger partial charge on any atom is 0.255 e. The van der Waals surface area contributed by atoms with Crippen molar-refractivity contribution in [1.82, 2.24) is 15.1 Å². The lowest BCUT2D eigenvalue weighted by Gasteiger charge is -2.02. The van der Waals surface area contributed by atoms with E-state index >= 15 is 0 Å². The van der Waals surface area contributed by atoms with Crippen LogP contribution in [-0.4, -0.2) is 26.8 Å². The van der Waals surface area contributed by atoms with Gasteiger partial charge in [0.05, 0.1) is 0 Å². The molecule has 2 aromatic rings. The molecule has 0 unspecified atom stereocenters. The Labute approximate surface area is 105 Å². The summed E-state index contributed by atoms with van der Waals surface area (Å²) in [5.41, 5.74) is 7.29. The Morgan fingerprint density at radius 1 is 1.50 bits per heavy atom. The van der Waals surface area contributed by atoms with Crippen molar-refractivity contribution in [3.8, 4) is 11.4 Å². The second-order valence-corrected chi connectivity index (χ2v) is 3.94. The molecule has 0 saturated heterocycles. The SMILES string of the molecule is CCc1cnccc1-c1noc([C@@H](O)CCN)n1. The lowest BCUT2D eigenvalue weighted by molar-refractivity contribution is 0.127. The molecule has 0 bridgehead atoms. The number of aryl methyl sites for hydroxylation is 1. The van der Waals surface area contributed by atoms with E-state index in [1.54, 1.807) is 12.4 Å². The highest BCUT2D eigenvalue weighted by Gasteiger charge is 2.17. The van der Waals surface area contributed by atoms with Crippen molar-refractivity contribution >= 4 is 0 Å². The van der Waals surface area contributed by atoms with Gasteiger partial charge >= 0.3 is 0 Å². The standard InChI is InChI=1S/C12H16N4O2/c1-2-8-7-14-6-4-9(8)11-15-12(18-16-11)10(17)3-5-13/h4,6-7,10,17H,2-3,5,13H2,1H3/t10-/m0/s1. The van der Waals surface area contributed by atoms with Crippen molar-refractivity contribution in [1.29, 1.82) is 0 Å².